The molecule has 1 aliphatic rings. The van der Waals surface area contributed by atoms with Crippen LogP contribution in [0.4, 0.5) is 0 Å². The van der Waals surface area contributed by atoms with Gasteiger partial charge in [-0.15, -0.1) is 0 Å². The summed E-state index contributed by atoms with van der Waals surface area (Å²) >= 11 is 0. The standard InChI is InChI=1S/C8H13N3O3/c1-14-8(13)5-2-3-6(10-11-9)7(12)4-5/h5-7,12H,2-4H2,1H3. The predicted octanol–water partition coefficient (Wildman–Crippen LogP) is 0.999. The SMILES string of the molecule is COC(=O)C1CCC(N=[N+]=[N-])C(O)C1. The molecule has 0 heterocycles. The maximum atomic E-state index is 11.1. The second-order valence-corrected chi connectivity index (χ2v) is 3.37. The Kier molecular flexibility index (Phi) is 3.73. The van der Waals surface area contributed by atoms with Gasteiger partial charge in [-0.3, -0.25) is 4.79 Å². The molecule has 0 aliphatic heterocycles. The average Bonchev–Trinajstić information content (AvgIpc) is 2.20. The van der Waals surface area contributed by atoms with Gasteiger partial charge >= 0.3 is 5.97 Å². The number of esters is 1. The molecule has 0 bridgehead atoms. The van der Waals surface area contributed by atoms with Crippen LogP contribution in [0.2, 0.25) is 0 Å². The molecular weight excluding hydrogens is 186 g/mol. The van der Waals surface area contributed by atoms with E-state index < -0.39 is 12.1 Å². The number of nitrogens with zero attached hydrogens (tertiary/aromatic N) is 3. The fourth-order valence-electron chi connectivity index (χ4n) is 1.71. The van der Waals surface area contributed by atoms with E-state index in [-0.39, 0.29) is 11.9 Å². The van der Waals surface area contributed by atoms with Gasteiger partial charge in [-0.05, 0) is 24.8 Å². The van der Waals surface area contributed by atoms with Crippen LogP contribution >= 0.6 is 0 Å². The lowest BCUT2D eigenvalue weighted by molar-refractivity contribution is -0.148. The molecule has 1 saturated carbocycles. The quantitative estimate of drug-likeness (QED) is 0.311. The Labute approximate surface area is 81.5 Å². The number of aliphatic hydroxyl groups is 1. The molecule has 0 aromatic carbocycles. The zero-order valence-corrected chi connectivity index (χ0v) is 7.96. The summed E-state index contributed by atoms with van der Waals surface area (Å²) < 4.78 is 4.58. The van der Waals surface area contributed by atoms with E-state index in [4.69, 9.17) is 5.53 Å². The number of ether oxygens (including phenoxy) is 1. The number of rotatable bonds is 2. The summed E-state index contributed by atoms with van der Waals surface area (Å²) in [7, 11) is 1.33. The lowest BCUT2D eigenvalue weighted by Crippen LogP contribution is -2.35. The normalized spacial score (nSPS) is 31.7. The first-order valence-corrected chi connectivity index (χ1v) is 4.49. The maximum absolute atomic E-state index is 11.1. The lowest BCUT2D eigenvalue weighted by Gasteiger charge is -2.28. The van der Waals surface area contributed by atoms with Gasteiger partial charge in [0.25, 0.3) is 0 Å². The van der Waals surface area contributed by atoms with E-state index in [1.54, 1.807) is 0 Å². The number of carbonyl (C=O) groups is 1. The van der Waals surface area contributed by atoms with Crippen LogP contribution in [0.3, 0.4) is 0 Å². The molecule has 1 N–H and O–H groups in total. The van der Waals surface area contributed by atoms with Gasteiger partial charge in [0.15, 0.2) is 0 Å². The number of aliphatic hydroxyl groups excluding tert-OH is 1. The first kappa shape index (κ1) is 10.8. The molecule has 0 radical (unpaired) electrons. The van der Waals surface area contributed by atoms with Crippen LogP contribution in [0.25, 0.3) is 10.4 Å². The van der Waals surface area contributed by atoms with Crippen molar-refractivity contribution >= 4 is 5.97 Å². The fraction of sp³-hybridized carbons (Fsp3) is 0.875. The highest BCUT2D eigenvalue weighted by molar-refractivity contribution is 5.72. The van der Waals surface area contributed by atoms with Crippen molar-refractivity contribution in [3.8, 4) is 0 Å². The van der Waals surface area contributed by atoms with Gasteiger partial charge in [-0.25, -0.2) is 0 Å². The van der Waals surface area contributed by atoms with Crippen molar-refractivity contribution in [2.75, 3.05) is 7.11 Å². The lowest BCUT2D eigenvalue weighted by atomic mass is 9.84. The molecule has 1 fully saturated rings. The molecule has 6 heteroatoms. The first-order valence-electron chi connectivity index (χ1n) is 4.49. The molecule has 1 aliphatic carbocycles. The van der Waals surface area contributed by atoms with Crippen molar-refractivity contribution in [3.63, 3.8) is 0 Å². The zero-order chi connectivity index (χ0) is 10.6. The molecule has 14 heavy (non-hydrogen) atoms. The topological polar surface area (TPSA) is 95.3 Å². The summed E-state index contributed by atoms with van der Waals surface area (Å²) in [5.74, 6) is -0.566. The van der Waals surface area contributed by atoms with Gasteiger partial charge in [0, 0.05) is 4.91 Å². The van der Waals surface area contributed by atoms with Crippen molar-refractivity contribution in [3.05, 3.63) is 10.4 Å². The van der Waals surface area contributed by atoms with Crippen LogP contribution in [0.5, 0.6) is 0 Å². The Morgan fingerprint density at radius 1 is 1.64 bits per heavy atom. The van der Waals surface area contributed by atoms with Crippen molar-refractivity contribution in [1.29, 1.82) is 0 Å². The van der Waals surface area contributed by atoms with Crippen LogP contribution < -0.4 is 0 Å². The third-order valence-electron chi connectivity index (χ3n) is 2.52. The maximum Gasteiger partial charge on any atom is 0.308 e. The Morgan fingerprint density at radius 3 is 2.86 bits per heavy atom. The third kappa shape index (κ3) is 2.37. The Hall–Kier alpha value is -1.26. The van der Waals surface area contributed by atoms with Crippen molar-refractivity contribution in [2.24, 2.45) is 11.0 Å². The van der Waals surface area contributed by atoms with Gasteiger partial charge in [0.05, 0.1) is 25.2 Å². The number of hydrogen-bond acceptors (Lipinski definition) is 4. The van der Waals surface area contributed by atoms with E-state index in [0.29, 0.717) is 19.3 Å². The number of azide groups is 1. The van der Waals surface area contributed by atoms with E-state index in [1.165, 1.54) is 7.11 Å². The number of carbonyl (C=O) groups excluding carboxylic acids is 1. The highest BCUT2D eigenvalue weighted by atomic mass is 16.5. The smallest absolute Gasteiger partial charge is 0.308 e. The minimum absolute atomic E-state index is 0.264. The predicted molar refractivity (Wildman–Crippen MR) is 48.3 cm³/mol. The fourth-order valence-corrected chi connectivity index (χ4v) is 1.71. The van der Waals surface area contributed by atoms with Crippen molar-refractivity contribution in [2.45, 2.75) is 31.4 Å². The molecule has 3 unspecified atom stereocenters. The average molecular weight is 199 g/mol. The summed E-state index contributed by atoms with van der Waals surface area (Å²) in [6.07, 6.45) is 0.721. The molecule has 1 rings (SSSR count). The van der Waals surface area contributed by atoms with Gasteiger partial charge in [-0.1, -0.05) is 5.11 Å². The second kappa shape index (κ2) is 4.83. The van der Waals surface area contributed by atoms with E-state index in [0.717, 1.165) is 0 Å². The molecule has 3 atom stereocenters. The van der Waals surface area contributed by atoms with Crippen LogP contribution in [-0.2, 0) is 9.53 Å². The summed E-state index contributed by atoms with van der Waals surface area (Å²) in [6.45, 7) is 0. The van der Waals surface area contributed by atoms with E-state index in [1.807, 2.05) is 0 Å². The highest BCUT2D eigenvalue weighted by Crippen LogP contribution is 2.27. The van der Waals surface area contributed by atoms with Crippen LogP contribution in [0, 0.1) is 5.92 Å². The van der Waals surface area contributed by atoms with Crippen molar-refractivity contribution in [1.82, 2.24) is 0 Å². The van der Waals surface area contributed by atoms with Gasteiger partial charge in [0.1, 0.15) is 0 Å². The first-order chi connectivity index (χ1) is 6.69. The van der Waals surface area contributed by atoms with E-state index in [9.17, 15) is 9.90 Å². The van der Waals surface area contributed by atoms with E-state index in [2.05, 4.69) is 14.8 Å². The van der Waals surface area contributed by atoms with Crippen LogP contribution in [0.15, 0.2) is 5.11 Å². The van der Waals surface area contributed by atoms with Crippen LogP contribution in [0.1, 0.15) is 19.3 Å². The second-order valence-electron chi connectivity index (χ2n) is 3.37. The summed E-state index contributed by atoms with van der Waals surface area (Å²) in [5.41, 5.74) is 8.21. The number of methoxy groups -OCH3 is 1. The molecule has 0 aromatic rings. The molecule has 0 spiro atoms. The molecule has 78 valence electrons. The molecule has 0 amide bonds. The Balaban J connectivity index is 2.54. The zero-order valence-electron chi connectivity index (χ0n) is 7.96. The molecule has 0 saturated heterocycles. The molecule has 6 nitrogen and oxygen atoms in total. The summed E-state index contributed by atoms with van der Waals surface area (Å²) in [6, 6.07) is -0.402. The molecular formula is C8H13N3O3. The Bertz CT molecular complexity index is 263. The highest BCUT2D eigenvalue weighted by Gasteiger charge is 2.32. The van der Waals surface area contributed by atoms with Gasteiger partial charge in [-0.2, -0.15) is 0 Å². The minimum Gasteiger partial charge on any atom is -0.469 e. The van der Waals surface area contributed by atoms with Gasteiger partial charge < -0.3 is 9.84 Å². The van der Waals surface area contributed by atoms with Crippen molar-refractivity contribution < 1.29 is 14.6 Å². The third-order valence-corrected chi connectivity index (χ3v) is 2.52. The summed E-state index contributed by atoms with van der Waals surface area (Å²) in [5, 5.41) is 13.0. The monoisotopic (exact) mass is 199 g/mol. The minimum atomic E-state index is -0.733. The van der Waals surface area contributed by atoms with Crippen LogP contribution in [-0.4, -0.2) is 30.3 Å². The van der Waals surface area contributed by atoms with E-state index >= 15 is 0 Å². The van der Waals surface area contributed by atoms with Gasteiger partial charge in [0.2, 0.25) is 0 Å². The number of hydrogen-bond donors (Lipinski definition) is 1. The molecule has 0 aromatic heterocycles. The largest absolute Gasteiger partial charge is 0.469 e. The Morgan fingerprint density at radius 2 is 2.36 bits per heavy atom. The summed E-state index contributed by atoms with van der Waals surface area (Å²) in [4.78, 5) is 13.8.